The molecule has 0 amide bonds. The van der Waals surface area contributed by atoms with Crippen LogP contribution in [0.4, 0.5) is 0 Å². The minimum atomic E-state index is -4.29. The molecular formula is C25H29O7PS2. The molecule has 0 aliphatic carbocycles. The van der Waals surface area contributed by atoms with Gasteiger partial charge < -0.3 is 4.74 Å². The Morgan fingerprint density at radius 3 is 1.80 bits per heavy atom. The number of ether oxygens (including phenoxy) is 1. The van der Waals surface area contributed by atoms with Crippen LogP contribution in [-0.4, -0.2) is 33.1 Å². The van der Waals surface area contributed by atoms with Gasteiger partial charge in [0, 0.05) is 0 Å². The lowest BCUT2D eigenvalue weighted by Gasteiger charge is -2.26. The Kier molecular flexibility index (Phi) is 8.09. The molecule has 3 rings (SSSR count). The van der Waals surface area contributed by atoms with Gasteiger partial charge in [0.1, 0.15) is 17.3 Å². The Morgan fingerprint density at radius 1 is 0.743 bits per heavy atom. The van der Waals surface area contributed by atoms with E-state index in [0.29, 0.717) is 22.4 Å². The Bertz CT molecular complexity index is 1480. The standard InChI is InChI=1S/C25H29O7PS2/c1-16-7-6-8-23(10-16)33(24-11-17(2)9-20(18(24)3)14-34(26,27)28)25-13-22(32-5)12-21(19(25)4)15-35(29,30)31/h6-13H,14-15H2,1-5H3,(H,26,27,28)(H,29,30,31). The largest absolute Gasteiger partial charge is 0.497 e. The van der Waals surface area contributed by atoms with E-state index in [1.165, 1.54) is 7.11 Å². The van der Waals surface area contributed by atoms with Gasteiger partial charge in [-0.1, -0.05) is 47.5 Å². The number of rotatable bonds is 8. The summed E-state index contributed by atoms with van der Waals surface area (Å²) in [7, 11) is -8.34. The molecule has 0 saturated heterocycles. The lowest BCUT2D eigenvalue weighted by molar-refractivity contribution is 0.414. The van der Waals surface area contributed by atoms with Crippen LogP contribution in [0.2, 0.25) is 0 Å². The fourth-order valence-corrected chi connectivity index (χ4v) is 8.41. The van der Waals surface area contributed by atoms with E-state index < -0.39 is 39.7 Å². The summed E-state index contributed by atoms with van der Waals surface area (Å²) in [5.41, 5.74) is 4.24. The van der Waals surface area contributed by atoms with Gasteiger partial charge in [-0.15, -0.1) is 0 Å². The normalized spacial score (nSPS) is 13.0. The highest BCUT2D eigenvalue weighted by Gasteiger charge is 2.26. The van der Waals surface area contributed by atoms with Gasteiger partial charge in [0.25, 0.3) is 20.2 Å². The molecule has 0 spiro atoms. The van der Waals surface area contributed by atoms with Crippen LogP contribution in [0.3, 0.4) is 0 Å². The number of hydrogen-bond donors (Lipinski definition) is 2. The van der Waals surface area contributed by atoms with Gasteiger partial charge in [-0.2, -0.15) is 16.8 Å². The first-order chi connectivity index (χ1) is 16.2. The molecule has 1 unspecified atom stereocenters. The Morgan fingerprint density at radius 2 is 1.29 bits per heavy atom. The highest BCUT2D eigenvalue weighted by atomic mass is 32.2. The van der Waals surface area contributed by atoms with Crippen molar-refractivity contribution in [3.05, 3.63) is 81.9 Å². The molecule has 35 heavy (non-hydrogen) atoms. The molecular weight excluding hydrogens is 507 g/mol. The van der Waals surface area contributed by atoms with Crippen molar-refractivity contribution in [1.29, 1.82) is 0 Å². The third kappa shape index (κ3) is 6.90. The Labute approximate surface area is 208 Å². The fraction of sp³-hybridized carbons (Fsp3) is 0.280. The van der Waals surface area contributed by atoms with Gasteiger partial charge in [-0.05, 0) is 85.9 Å². The summed E-state index contributed by atoms with van der Waals surface area (Å²) in [5, 5.41) is 2.70. The fourth-order valence-electron chi connectivity index (χ4n) is 4.09. The Hall–Kier alpha value is -2.29. The minimum absolute atomic E-state index is 0.422. The van der Waals surface area contributed by atoms with E-state index in [-0.39, 0.29) is 0 Å². The van der Waals surface area contributed by atoms with Crippen LogP contribution in [0, 0.1) is 27.7 Å². The molecule has 0 saturated carbocycles. The number of methoxy groups -OCH3 is 1. The van der Waals surface area contributed by atoms with Gasteiger partial charge in [0.15, 0.2) is 0 Å². The minimum Gasteiger partial charge on any atom is -0.497 e. The first-order valence-electron chi connectivity index (χ1n) is 10.7. The maximum absolute atomic E-state index is 11.7. The van der Waals surface area contributed by atoms with Crippen LogP contribution in [0.5, 0.6) is 5.75 Å². The first kappa shape index (κ1) is 27.3. The molecule has 2 N–H and O–H groups in total. The number of benzene rings is 3. The van der Waals surface area contributed by atoms with Crippen LogP contribution in [0.25, 0.3) is 0 Å². The molecule has 3 aromatic carbocycles. The van der Waals surface area contributed by atoms with Crippen LogP contribution < -0.4 is 20.7 Å². The zero-order chi connectivity index (χ0) is 26.1. The second kappa shape index (κ2) is 10.4. The van der Waals surface area contributed by atoms with Crippen molar-refractivity contribution >= 4 is 44.1 Å². The van der Waals surface area contributed by atoms with Gasteiger partial charge in [-0.25, -0.2) is 0 Å². The highest BCUT2D eigenvalue weighted by Crippen LogP contribution is 2.39. The summed E-state index contributed by atoms with van der Waals surface area (Å²) in [6.45, 7) is 7.48. The first-order valence-corrected chi connectivity index (χ1v) is 15.3. The predicted octanol–water partition coefficient (Wildman–Crippen LogP) is 3.46. The van der Waals surface area contributed by atoms with E-state index in [1.807, 2.05) is 58.0 Å². The van der Waals surface area contributed by atoms with E-state index in [9.17, 15) is 25.9 Å². The van der Waals surface area contributed by atoms with E-state index >= 15 is 0 Å². The number of hydrogen-bond acceptors (Lipinski definition) is 5. The molecule has 0 heterocycles. The van der Waals surface area contributed by atoms with Crippen LogP contribution in [-0.2, 0) is 31.7 Å². The van der Waals surface area contributed by atoms with Crippen molar-refractivity contribution < 1.29 is 30.7 Å². The van der Waals surface area contributed by atoms with Crippen molar-refractivity contribution in [1.82, 2.24) is 0 Å². The SMILES string of the molecule is COc1cc(CS(=O)(=O)O)c(C)c(P(c2cccc(C)c2)c2cc(C)cc(CS(=O)(=O)O)c2C)c1. The van der Waals surface area contributed by atoms with Crippen molar-refractivity contribution in [2.45, 2.75) is 39.2 Å². The van der Waals surface area contributed by atoms with Crippen molar-refractivity contribution in [2.75, 3.05) is 7.11 Å². The smallest absolute Gasteiger partial charge is 0.269 e. The summed E-state index contributed by atoms with van der Waals surface area (Å²) in [5.74, 6) is -0.607. The molecule has 1 atom stereocenters. The van der Waals surface area contributed by atoms with E-state index in [2.05, 4.69) is 6.07 Å². The summed E-state index contributed by atoms with van der Waals surface area (Å²) >= 11 is 0. The predicted molar refractivity (Wildman–Crippen MR) is 141 cm³/mol. The average molecular weight is 537 g/mol. The molecule has 0 radical (unpaired) electrons. The van der Waals surface area contributed by atoms with Crippen LogP contribution in [0.1, 0.15) is 33.4 Å². The molecule has 0 aliphatic rings. The van der Waals surface area contributed by atoms with Crippen LogP contribution >= 0.6 is 7.92 Å². The quantitative estimate of drug-likeness (QED) is 0.334. The molecule has 0 fully saturated rings. The highest BCUT2D eigenvalue weighted by molar-refractivity contribution is 7.85. The molecule has 10 heteroatoms. The third-order valence-electron chi connectivity index (χ3n) is 5.75. The summed E-state index contributed by atoms with van der Waals surface area (Å²) in [6.07, 6.45) is 0. The monoisotopic (exact) mass is 536 g/mol. The summed E-state index contributed by atoms with van der Waals surface area (Å²) < 4.78 is 71.4. The molecule has 7 nitrogen and oxygen atoms in total. The molecule has 0 aromatic heterocycles. The molecule has 0 aliphatic heterocycles. The second-order valence-corrected chi connectivity index (χ2v) is 13.7. The van der Waals surface area contributed by atoms with Gasteiger partial charge in [0.05, 0.1) is 7.11 Å². The van der Waals surface area contributed by atoms with Gasteiger partial charge in [0.2, 0.25) is 0 Å². The van der Waals surface area contributed by atoms with E-state index in [0.717, 1.165) is 32.6 Å². The van der Waals surface area contributed by atoms with E-state index in [4.69, 9.17) is 4.74 Å². The van der Waals surface area contributed by atoms with Crippen molar-refractivity contribution in [3.63, 3.8) is 0 Å². The lowest BCUT2D eigenvalue weighted by atomic mass is 10.1. The number of aryl methyl sites for hydroxylation is 2. The van der Waals surface area contributed by atoms with E-state index in [1.54, 1.807) is 12.1 Å². The molecule has 3 aromatic rings. The second-order valence-electron chi connectivity index (χ2n) is 8.63. The topological polar surface area (TPSA) is 118 Å². The van der Waals surface area contributed by atoms with Crippen molar-refractivity contribution in [2.24, 2.45) is 0 Å². The molecule has 188 valence electrons. The summed E-state index contributed by atoms with van der Waals surface area (Å²) in [6, 6.07) is 15.2. The van der Waals surface area contributed by atoms with Gasteiger partial charge >= 0.3 is 0 Å². The maximum atomic E-state index is 11.7. The van der Waals surface area contributed by atoms with Crippen molar-refractivity contribution in [3.8, 4) is 5.75 Å². The lowest BCUT2D eigenvalue weighted by Crippen LogP contribution is -2.27. The summed E-state index contributed by atoms with van der Waals surface area (Å²) in [4.78, 5) is 0. The van der Waals surface area contributed by atoms with Gasteiger partial charge in [-0.3, -0.25) is 9.11 Å². The Balaban J connectivity index is 2.39. The zero-order valence-corrected chi connectivity index (χ0v) is 22.8. The zero-order valence-electron chi connectivity index (χ0n) is 20.2. The van der Waals surface area contributed by atoms with Crippen LogP contribution in [0.15, 0.2) is 48.5 Å². The maximum Gasteiger partial charge on any atom is 0.269 e. The average Bonchev–Trinajstić information content (AvgIpc) is 2.72. The molecule has 0 bridgehead atoms. The third-order valence-corrected chi connectivity index (χ3v) is 9.79.